The molecule has 156 valence electrons. The number of nitrogens with one attached hydrogen (secondary N) is 1. The van der Waals surface area contributed by atoms with Crippen molar-refractivity contribution in [1.29, 1.82) is 0 Å². The molecule has 0 fully saturated rings. The van der Waals surface area contributed by atoms with Crippen molar-refractivity contribution in [2.75, 3.05) is 19.5 Å². The highest BCUT2D eigenvalue weighted by Gasteiger charge is 2.24. The second-order valence-corrected chi connectivity index (χ2v) is 8.62. The fourth-order valence-corrected chi connectivity index (χ4v) is 5.42. The number of rotatable bonds is 6. The van der Waals surface area contributed by atoms with Crippen molar-refractivity contribution in [2.24, 2.45) is 0 Å². The molecule has 1 N–H and O–H groups in total. The number of ether oxygens (including phenoxy) is 2. The molecule has 0 radical (unpaired) electrons. The molecule has 2 aliphatic rings. The molecule has 8 heteroatoms. The first kappa shape index (κ1) is 19.3. The summed E-state index contributed by atoms with van der Waals surface area (Å²) < 4.78 is 16.5. The minimum Gasteiger partial charge on any atom is -0.501 e. The van der Waals surface area contributed by atoms with Crippen molar-refractivity contribution in [1.82, 2.24) is 15.1 Å². The summed E-state index contributed by atoms with van der Waals surface area (Å²) in [5.41, 5.74) is 3.19. The van der Waals surface area contributed by atoms with Gasteiger partial charge in [0.15, 0.2) is 5.76 Å². The first-order valence-electron chi connectivity index (χ1n) is 10.2. The number of aromatic nitrogens is 3. The summed E-state index contributed by atoms with van der Waals surface area (Å²) in [4.78, 5) is 11.5. The van der Waals surface area contributed by atoms with Gasteiger partial charge in [0.25, 0.3) is 0 Å². The van der Waals surface area contributed by atoms with Crippen LogP contribution in [0.3, 0.4) is 0 Å². The Hall–Kier alpha value is -2.71. The van der Waals surface area contributed by atoms with Crippen molar-refractivity contribution in [3.8, 4) is 0 Å². The lowest BCUT2D eigenvalue weighted by molar-refractivity contribution is 0.128. The van der Waals surface area contributed by atoms with Gasteiger partial charge in [-0.15, -0.1) is 11.3 Å². The van der Waals surface area contributed by atoms with E-state index in [0.29, 0.717) is 13.0 Å². The lowest BCUT2D eigenvalue weighted by atomic mass is 9.97. The van der Waals surface area contributed by atoms with Gasteiger partial charge in [-0.2, -0.15) is 0 Å². The van der Waals surface area contributed by atoms with Gasteiger partial charge in [-0.1, -0.05) is 11.2 Å². The van der Waals surface area contributed by atoms with Gasteiger partial charge >= 0.3 is 0 Å². The molecule has 30 heavy (non-hydrogen) atoms. The number of fused-ring (bicyclic) bond motifs is 3. The molecule has 1 atom stereocenters. The lowest BCUT2D eigenvalue weighted by Gasteiger charge is -2.21. The highest BCUT2D eigenvalue weighted by Crippen LogP contribution is 2.38. The van der Waals surface area contributed by atoms with Gasteiger partial charge in [-0.3, -0.25) is 0 Å². The fraction of sp³-hybridized carbons (Fsp3) is 0.409. The summed E-state index contributed by atoms with van der Waals surface area (Å²) in [5, 5.41) is 8.87. The normalized spacial score (nSPS) is 18.7. The van der Waals surface area contributed by atoms with Gasteiger partial charge in [0.1, 0.15) is 22.7 Å². The number of aryl methyl sites for hydroxylation is 2. The Bertz CT molecular complexity index is 1130. The average molecular weight is 425 g/mol. The van der Waals surface area contributed by atoms with Crippen LogP contribution in [0.25, 0.3) is 15.8 Å². The molecule has 5 rings (SSSR count). The molecule has 1 unspecified atom stereocenters. The topological polar surface area (TPSA) is 82.3 Å². The second kappa shape index (κ2) is 8.20. The van der Waals surface area contributed by atoms with Gasteiger partial charge in [0.2, 0.25) is 0 Å². The number of methoxy groups -OCH3 is 2. The molecule has 0 saturated heterocycles. The fourth-order valence-electron chi connectivity index (χ4n) is 4.19. The van der Waals surface area contributed by atoms with Crippen LogP contribution in [0.5, 0.6) is 0 Å². The first-order chi connectivity index (χ1) is 14.8. The van der Waals surface area contributed by atoms with Crippen molar-refractivity contribution in [3.63, 3.8) is 0 Å². The van der Waals surface area contributed by atoms with E-state index in [-0.39, 0.29) is 6.10 Å². The summed E-state index contributed by atoms with van der Waals surface area (Å²) in [5.74, 6) is 2.51. The molecule has 3 aromatic heterocycles. The molecule has 0 aliphatic heterocycles. The van der Waals surface area contributed by atoms with E-state index in [4.69, 9.17) is 14.0 Å². The summed E-state index contributed by atoms with van der Waals surface area (Å²) >= 11 is 1.80. The first-order valence-corrected chi connectivity index (χ1v) is 11.0. The van der Waals surface area contributed by atoms with Gasteiger partial charge in [0.05, 0.1) is 30.9 Å². The smallest absolute Gasteiger partial charge is 0.156 e. The van der Waals surface area contributed by atoms with E-state index in [1.165, 1.54) is 28.7 Å². The average Bonchev–Trinajstić information content (AvgIpc) is 3.42. The van der Waals surface area contributed by atoms with Crippen LogP contribution >= 0.6 is 11.3 Å². The summed E-state index contributed by atoms with van der Waals surface area (Å²) in [6, 6.07) is 1.96. The van der Waals surface area contributed by atoms with Crippen LogP contribution < -0.4 is 5.32 Å². The maximum Gasteiger partial charge on any atom is 0.156 e. The van der Waals surface area contributed by atoms with Crippen molar-refractivity contribution in [2.45, 2.75) is 44.8 Å². The molecule has 7 nitrogen and oxygen atoms in total. The Labute approximate surface area is 178 Å². The molecule has 0 spiro atoms. The molecule has 0 saturated carbocycles. The van der Waals surface area contributed by atoms with E-state index >= 15 is 0 Å². The Morgan fingerprint density at radius 3 is 2.97 bits per heavy atom. The molecular weight excluding hydrogens is 400 g/mol. The van der Waals surface area contributed by atoms with E-state index in [9.17, 15) is 0 Å². The maximum atomic E-state index is 5.62. The summed E-state index contributed by atoms with van der Waals surface area (Å²) in [6.45, 7) is 0.508. The predicted octanol–water partition coefficient (Wildman–Crippen LogP) is 4.50. The number of hydrogen-bond donors (Lipinski definition) is 1. The number of anilines is 1. The third-order valence-corrected chi connectivity index (χ3v) is 6.96. The number of hydrogen-bond acceptors (Lipinski definition) is 8. The van der Waals surface area contributed by atoms with Crippen molar-refractivity contribution >= 4 is 32.9 Å². The minimum absolute atomic E-state index is 0.102. The number of thiophene rings is 1. The van der Waals surface area contributed by atoms with Crippen LogP contribution in [-0.2, 0) is 28.9 Å². The zero-order valence-corrected chi connectivity index (χ0v) is 17.9. The van der Waals surface area contributed by atoms with Crippen LogP contribution in [0, 0.1) is 0 Å². The van der Waals surface area contributed by atoms with E-state index in [2.05, 4.69) is 20.4 Å². The van der Waals surface area contributed by atoms with Gasteiger partial charge in [0, 0.05) is 30.0 Å². The lowest BCUT2D eigenvalue weighted by Crippen LogP contribution is -2.17. The quantitative estimate of drug-likeness (QED) is 0.624. The maximum absolute atomic E-state index is 5.62. The van der Waals surface area contributed by atoms with Crippen LogP contribution in [0.4, 0.5) is 5.82 Å². The standard InChI is InChI=1S/C22H24N4O3S/c1-27-13-7-8-15(18(10-13)28-2)17-9-14(29-26-17)11-23-21-20-16-5-3-4-6-19(16)30-22(20)25-12-24-21/h7-9,12,18H,3-6,10-11H2,1-2H3,(H,23,24,25). The molecule has 3 aromatic rings. The Balaban J connectivity index is 1.36. The van der Waals surface area contributed by atoms with Gasteiger partial charge in [-0.05, 0) is 37.3 Å². The molecule has 3 heterocycles. The monoisotopic (exact) mass is 424 g/mol. The molecule has 0 bridgehead atoms. The highest BCUT2D eigenvalue weighted by atomic mass is 32.1. The second-order valence-electron chi connectivity index (χ2n) is 7.53. The number of allylic oxidation sites excluding steroid dienone is 2. The zero-order valence-electron chi connectivity index (χ0n) is 17.1. The third kappa shape index (κ3) is 3.50. The molecule has 2 aliphatic carbocycles. The Kier molecular flexibility index (Phi) is 5.26. The highest BCUT2D eigenvalue weighted by molar-refractivity contribution is 7.19. The Morgan fingerprint density at radius 2 is 2.10 bits per heavy atom. The van der Waals surface area contributed by atoms with Crippen LogP contribution in [0.1, 0.15) is 41.2 Å². The van der Waals surface area contributed by atoms with Crippen molar-refractivity contribution < 1.29 is 14.0 Å². The van der Waals surface area contributed by atoms with Gasteiger partial charge in [-0.25, -0.2) is 9.97 Å². The van der Waals surface area contributed by atoms with E-state index in [0.717, 1.165) is 46.3 Å². The summed E-state index contributed by atoms with van der Waals surface area (Å²) in [6.07, 6.45) is 10.9. The van der Waals surface area contributed by atoms with Crippen LogP contribution in [-0.4, -0.2) is 35.4 Å². The molecular formula is C22H24N4O3S. The van der Waals surface area contributed by atoms with E-state index < -0.39 is 0 Å². The van der Waals surface area contributed by atoms with E-state index in [1.54, 1.807) is 31.9 Å². The van der Waals surface area contributed by atoms with Crippen molar-refractivity contribution in [3.05, 3.63) is 52.2 Å². The van der Waals surface area contributed by atoms with Gasteiger partial charge < -0.3 is 19.3 Å². The van der Waals surface area contributed by atoms with Crippen LogP contribution in [0.2, 0.25) is 0 Å². The largest absolute Gasteiger partial charge is 0.501 e. The van der Waals surface area contributed by atoms with E-state index in [1.807, 2.05) is 18.2 Å². The third-order valence-electron chi connectivity index (χ3n) is 5.77. The SMILES string of the molecule is COC1=CC=C(c2cc(CNc3ncnc4sc5c(c34)CCCC5)on2)C(OC)C1. The zero-order chi connectivity index (χ0) is 20.5. The molecule has 0 aromatic carbocycles. The van der Waals surface area contributed by atoms with Crippen LogP contribution in [0.15, 0.2) is 34.8 Å². The number of nitrogens with zero attached hydrogens (tertiary/aromatic N) is 3. The molecule has 0 amide bonds. The minimum atomic E-state index is -0.102. The summed E-state index contributed by atoms with van der Waals surface area (Å²) in [7, 11) is 3.37. The predicted molar refractivity (Wildman–Crippen MR) is 116 cm³/mol. The Morgan fingerprint density at radius 1 is 1.20 bits per heavy atom.